The number of alkyl carbamates (subject to hydrolysis) is 1. The van der Waals surface area contributed by atoms with Gasteiger partial charge in [0.2, 0.25) is 17.6 Å². The molecule has 3 rings (SSSR count). The highest BCUT2D eigenvalue weighted by Crippen LogP contribution is 2.39. The lowest BCUT2D eigenvalue weighted by Crippen LogP contribution is -2.45. The number of hydrogen-bond acceptors (Lipinski definition) is 7. The maximum atomic E-state index is 12.3. The van der Waals surface area contributed by atoms with Crippen molar-refractivity contribution in [3.8, 4) is 11.4 Å². The molecule has 9 heteroatoms. The molecule has 0 bridgehead atoms. The highest BCUT2D eigenvalue weighted by molar-refractivity contribution is 5.94. The SMILES string of the molecule is CC(=O)N1c2ccc(-c3noc(CCN(C)C)n3)cc2[C@H](NC(=O)OC(C)C)C[C@@H]1C. The number of aromatic nitrogens is 2. The van der Waals surface area contributed by atoms with Crippen LogP contribution in [0.4, 0.5) is 10.5 Å². The van der Waals surface area contributed by atoms with E-state index in [0.29, 0.717) is 24.6 Å². The van der Waals surface area contributed by atoms with Crippen LogP contribution in [0.15, 0.2) is 22.7 Å². The first kappa shape index (κ1) is 22.7. The monoisotopic (exact) mass is 429 g/mol. The Balaban J connectivity index is 1.93. The summed E-state index contributed by atoms with van der Waals surface area (Å²) in [4.78, 5) is 32.9. The van der Waals surface area contributed by atoms with Crippen molar-refractivity contribution in [2.75, 3.05) is 25.5 Å². The Morgan fingerprint density at radius 1 is 1.35 bits per heavy atom. The second kappa shape index (κ2) is 9.47. The molecule has 1 N–H and O–H groups in total. The van der Waals surface area contributed by atoms with Crippen molar-refractivity contribution in [2.24, 2.45) is 0 Å². The fraction of sp³-hybridized carbons (Fsp3) is 0.545. The summed E-state index contributed by atoms with van der Waals surface area (Å²) in [6.07, 6.45) is 0.529. The van der Waals surface area contributed by atoms with E-state index >= 15 is 0 Å². The molecule has 0 radical (unpaired) electrons. The van der Waals surface area contributed by atoms with Gasteiger partial charge in [0.25, 0.3) is 0 Å². The molecule has 0 spiro atoms. The molecule has 2 amide bonds. The van der Waals surface area contributed by atoms with Crippen LogP contribution in [0.25, 0.3) is 11.4 Å². The van der Waals surface area contributed by atoms with E-state index in [0.717, 1.165) is 23.4 Å². The number of hydrogen-bond donors (Lipinski definition) is 1. The van der Waals surface area contributed by atoms with Crippen molar-refractivity contribution in [2.45, 2.75) is 58.7 Å². The van der Waals surface area contributed by atoms with E-state index in [-0.39, 0.29) is 24.1 Å². The predicted molar refractivity (Wildman–Crippen MR) is 117 cm³/mol. The zero-order chi connectivity index (χ0) is 22.7. The zero-order valence-corrected chi connectivity index (χ0v) is 19.0. The maximum absolute atomic E-state index is 12.3. The van der Waals surface area contributed by atoms with Gasteiger partial charge in [-0.3, -0.25) is 4.79 Å². The molecule has 0 fully saturated rings. The van der Waals surface area contributed by atoms with Crippen LogP contribution in [-0.2, 0) is 16.0 Å². The maximum Gasteiger partial charge on any atom is 0.407 e. The second-order valence-electron chi connectivity index (χ2n) is 8.46. The minimum atomic E-state index is -0.481. The van der Waals surface area contributed by atoms with Crippen LogP contribution in [0.1, 0.15) is 51.6 Å². The normalized spacial score (nSPS) is 18.3. The Bertz CT molecular complexity index is 940. The Morgan fingerprint density at radius 3 is 2.74 bits per heavy atom. The topological polar surface area (TPSA) is 101 Å². The van der Waals surface area contributed by atoms with Gasteiger partial charge in [-0.15, -0.1) is 0 Å². The van der Waals surface area contributed by atoms with Crippen molar-refractivity contribution in [3.05, 3.63) is 29.7 Å². The number of benzene rings is 1. The predicted octanol–water partition coefficient (Wildman–Crippen LogP) is 3.16. The van der Waals surface area contributed by atoms with Crippen molar-refractivity contribution in [3.63, 3.8) is 0 Å². The fourth-order valence-electron chi connectivity index (χ4n) is 3.80. The van der Waals surface area contributed by atoms with Gasteiger partial charge >= 0.3 is 6.09 Å². The number of carbonyl (C=O) groups excluding carboxylic acids is 2. The largest absolute Gasteiger partial charge is 0.447 e. The highest BCUT2D eigenvalue weighted by Gasteiger charge is 2.34. The molecule has 0 unspecified atom stereocenters. The lowest BCUT2D eigenvalue weighted by atomic mass is 9.90. The summed E-state index contributed by atoms with van der Waals surface area (Å²) < 4.78 is 10.7. The summed E-state index contributed by atoms with van der Waals surface area (Å²) in [5, 5.41) is 7.05. The molecular formula is C22H31N5O4. The van der Waals surface area contributed by atoms with Crippen LogP contribution in [0.2, 0.25) is 0 Å². The van der Waals surface area contributed by atoms with Crippen LogP contribution in [0.5, 0.6) is 0 Å². The van der Waals surface area contributed by atoms with Gasteiger partial charge in [0.15, 0.2) is 0 Å². The van der Waals surface area contributed by atoms with Crippen LogP contribution in [0.3, 0.4) is 0 Å². The number of nitrogens with one attached hydrogen (secondary N) is 1. The number of ether oxygens (including phenoxy) is 1. The van der Waals surface area contributed by atoms with Gasteiger partial charge in [-0.1, -0.05) is 5.16 Å². The third kappa shape index (κ3) is 5.41. The number of fused-ring (bicyclic) bond motifs is 1. The number of anilines is 1. The zero-order valence-electron chi connectivity index (χ0n) is 19.0. The lowest BCUT2D eigenvalue weighted by molar-refractivity contribution is -0.117. The van der Waals surface area contributed by atoms with Crippen LogP contribution >= 0.6 is 0 Å². The molecule has 0 aliphatic carbocycles. The van der Waals surface area contributed by atoms with E-state index < -0.39 is 6.09 Å². The number of carbonyl (C=O) groups is 2. The highest BCUT2D eigenvalue weighted by atomic mass is 16.6. The molecule has 168 valence electrons. The van der Waals surface area contributed by atoms with Gasteiger partial charge in [0.05, 0.1) is 12.1 Å². The van der Waals surface area contributed by atoms with Gasteiger partial charge in [-0.25, -0.2) is 4.79 Å². The molecule has 1 aliphatic rings. The average Bonchev–Trinajstić information content (AvgIpc) is 3.14. The number of rotatable bonds is 6. The van der Waals surface area contributed by atoms with E-state index in [4.69, 9.17) is 9.26 Å². The van der Waals surface area contributed by atoms with Crippen molar-refractivity contribution < 1.29 is 18.8 Å². The summed E-state index contributed by atoms with van der Waals surface area (Å²) >= 11 is 0. The van der Waals surface area contributed by atoms with Gasteiger partial charge in [-0.05, 0) is 65.0 Å². The van der Waals surface area contributed by atoms with Crippen LogP contribution < -0.4 is 10.2 Å². The Morgan fingerprint density at radius 2 is 2.10 bits per heavy atom. The lowest BCUT2D eigenvalue weighted by Gasteiger charge is -2.39. The molecular weight excluding hydrogens is 398 g/mol. The number of amides is 2. The molecule has 31 heavy (non-hydrogen) atoms. The Hall–Kier alpha value is -2.94. The number of likely N-dealkylation sites (N-methyl/N-ethyl adjacent to an activating group) is 1. The summed E-state index contributed by atoms with van der Waals surface area (Å²) in [6, 6.07) is 5.30. The molecule has 2 heterocycles. The average molecular weight is 430 g/mol. The van der Waals surface area contributed by atoms with E-state index in [2.05, 4.69) is 15.5 Å². The smallest absolute Gasteiger partial charge is 0.407 e. The van der Waals surface area contributed by atoms with E-state index in [1.807, 2.05) is 44.1 Å². The molecule has 1 aromatic carbocycles. The molecule has 9 nitrogen and oxygen atoms in total. The minimum Gasteiger partial charge on any atom is -0.447 e. The van der Waals surface area contributed by atoms with Crippen molar-refractivity contribution >= 4 is 17.7 Å². The molecule has 2 aromatic rings. The van der Waals surface area contributed by atoms with Crippen molar-refractivity contribution in [1.29, 1.82) is 0 Å². The fourth-order valence-corrected chi connectivity index (χ4v) is 3.80. The van der Waals surface area contributed by atoms with Crippen molar-refractivity contribution in [1.82, 2.24) is 20.4 Å². The van der Waals surface area contributed by atoms with Gasteiger partial charge < -0.3 is 24.4 Å². The third-order valence-corrected chi connectivity index (χ3v) is 5.15. The quantitative estimate of drug-likeness (QED) is 0.753. The minimum absolute atomic E-state index is 0.0461. The summed E-state index contributed by atoms with van der Waals surface area (Å²) in [5.74, 6) is 0.999. The second-order valence-corrected chi connectivity index (χ2v) is 8.46. The number of nitrogens with zero attached hydrogens (tertiary/aromatic N) is 4. The molecule has 1 aliphatic heterocycles. The van der Waals surface area contributed by atoms with Gasteiger partial charge in [-0.2, -0.15) is 4.98 Å². The van der Waals surface area contributed by atoms with Crippen LogP contribution in [-0.4, -0.2) is 59.8 Å². The Kier molecular flexibility index (Phi) is 6.94. The summed E-state index contributed by atoms with van der Waals surface area (Å²) in [6.45, 7) is 7.93. The third-order valence-electron chi connectivity index (χ3n) is 5.15. The Labute approximate surface area is 182 Å². The first-order valence-corrected chi connectivity index (χ1v) is 10.5. The molecule has 0 saturated carbocycles. The summed E-state index contributed by atoms with van der Waals surface area (Å²) in [5.41, 5.74) is 2.35. The summed E-state index contributed by atoms with van der Waals surface area (Å²) in [7, 11) is 3.97. The van der Waals surface area contributed by atoms with E-state index in [1.165, 1.54) is 0 Å². The van der Waals surface area contributed by atoms with Crippen LogP contribution in [0, 0.1) is 0 Å². The van der Waals surface area contributed by atoms with E-state index in [9.17, 15) is 9.59 Å². The van der Waals surface area contributed by atoms with Gasteiger partial charge in [0.1, 0.15) is 0 Å². The van der Waals surface area contributed by atoms with Gasteiger partial charge in [0, 0.05) is 37.2 Å². The molecule has 1 aromatic heterocycles. The van der Waals surface area contributed by atoms with E-state index in [1.54, 1.807) is 25.7 Å². The molecule has 0 saturated heterocycles. The standard InChI is InChI=1S/C22H31N5O4/c1-13(2)30-22(29)23-18-11-14(3)27(15(4)28)19-8-7-16(12-17(18)19)21-24-20(31-25-21)9-10-26(5)6/h7-8,12-14,18H,9-11H2,1-6H3,(H,23,29)/t14-,18+/m0/s1. The molecule has 2 atom stereocenters. The first-order chi connectivity index (χ1) is 14.7. The first-order valence-electron chi connectivity index (χ1n) is 10.5.